The van der Waals surface area contributed by atoms with Gasteiger partial charge in [0.25, 0.3) is 17.4 Å². The summed E-state index contributed by atoms with van der Waals surface area (Å²) in [5.74, 6) is 0.0955. The SMILES string of the molecule is CC1(C)[C@H](NC(=O)c2ccc(-c3cnn(C4CCN(CC5CCN(c6ccc7nnn(C8CCC(=O)NC8=O)c(=O)c7c6)CC5)CC4)c3)nc2)C(C)(C)[C@H]1Oc1ccc(C#N)c(Cl)c1. The molecule has 3 saturated heterocycles. The molecule has 0 bridgehead atoms. The van der Waals surface area contributed by atoms with E-state index in [-0.39, 0.29) is 53.2 Å². The lowest BCUT2D eigenvalue weighted by atomic mass is 9.49. The summed E-state index contributed by atoms with van der Waals surface area (Å²) < 4.78 is 9.55. The molecule has 5 aromatic rings. The largest absolute Gasteiger partial charge is 0.489 e. The molecule has 332 valence electrons. The zero-order chi connectivity index (χ0) is 44.9. The zero-order valence-corrected chi connectivity index (χ0v) is 37.2. The summed E-state index contributed by atoms with van der Waals surface area (Å²) in [5.41, 5.74) is 2.82. The van der Waals surface area contributed by atoms with E-state index in [0.29, 0.717) is 44.8 Å². The lowest BCUT2D eigenvalue weighted by Gasteiger charge is -2.63. The maximum absolute atomic E-state index is 13.5. The Morgan fingerprint density at radius 1 is 0.953 bits per heavy atom. The number of carbonyl (C=O) groups excluding carboxylic acids is 3. The van der Waals surface area contributed by atoms with E-state index in [4.69, 9.17) is 21.4 Å². The molecule has 6 heterocycles. The van der Waals surface area contributed by atoms with Crippen LogP contribution in [-0.2, 0) is 9.59 Å². The molecule has 3 aromatic heterocycles. The van der Waals surface area contributed by atoms with E-state index in [1.807, 2.05) is 36.5 Å². The normalized spacial score (nSPS) is 22.7. The number of likely N-dealkylation sites (tertiary alicyclic amines) is 1. The summed E-state index contributed by atoms with van der Waals surface area (Å²) >= 11 is 6.26. The van der Waals surface area contributed by atoms with E-state index < -0.39 is 11.9 Å². The highest BCUT2D eigenvalue weighted by Crippen LogP contribution is 2.55. The van der Waals surface area contributed by atoms with Crippen molar-refractivity contribution >= 4 is 45.9 Å². The van der Waals surface area contributed by atoms with Crippen molar-refractivity contribution in [3.63, 3.8) is 0 Å². The number of fused-ring (bicyclic) bond motifs is 1. The van der Waals surface area contributed by atoms with Crippen LogP contribution in [0.4, 0.5) is 5.69 Å². The van der Waals surface area contributed by atoms with Crippen LogP contribution in [0.1, 0.15) is 94.2 Å². The number of amides is 3. The first-order chi connectivity index (χ1) is 30.7. The molecule has 4 fully saturated rings. The Morgan fingerprint density at radius 3 is 2.41 bits per heavy atom. The quantitative estimate of drug-likeness (QED) is 0.162. The summed E-state index contributed by atoms with van der Waals surface area (Å²) in [7, 11) is 0. The van der Waals surface area contributed by atoms with E-state index >= 15 is 0 Å². The van der Waals surface area contributed by atoms with E-state index in [1.54, 1.807) is 24.4 Å². The number of nitrogens with zero attached hydrogens (tertiary/aromatic N) is 9. The highest BCUT2D eigenvalue weighted by Gasteiger charge is 2.64. The van der Waals surface area contributed by atoms with Gasteiger partial charge in [-0.3, -0.25) is 34.2 Å². The molecule has 3 amide bonds. The number of anilines is 1. The van der Waals surface area contributed by atoms with Crippen LogP contribution in [0.3, 0.4) is 0 Å². The maximum Gasteiger partial charge on any atom is 0.278 e. The minimum absolute atomic E-state index is 0.153. The number of hydrogen-bond acceptors (Lipinski definition) is 12. The van der Waals surface area contributed by atoms with Gasteiger partial charge in [-0.25, -0.2) is 0 Å². The van der Waals surface area contributed by atoms with Crippen LogP contribution in [0.15, 0.2) is 71.9 Å². The van der Waals surface area contributed by atoms with Gasteiger partial charge >= 0.3 is 0 Å². The number of aromatic nitrogens is 6. The molecule has 1 atom stereocenters. The van der Waals surface area contributed by atoms with Crippen LogP contribution in [-0.4, -0.2) is 97.2 Å². The molecule has 3 aliphatic heterocycles. The monoisotopic (exact) mass is 885 g/mol. The number of imide groups is 1. The van der Waals surface area contributed by atoms with Crippen molar-refractivity contribution in [2.45, 2.75) is 90.4 Å². The highest BCUT2D eigenvalue weighted by molar-refractivity contribution is 6.31. The average Bonchev–Trinajstić information content (AvgIpc) is 3.79. The van der Waals surface area contributed by atoms with Crippen molar-refractivity contribution in [1.82, 2.24) is 45.3 Å². The average molecular weight is 886 g/mol. The number of benzene rings is 2. The van der Waals surface area contributed by atoms with Gasteiger partial charge in [-0.15, -0.1) is 5.10 Å². The Labute approximate surface area is 375 Å². The molecule has 2 N–H and O–H groups in total. The van der Waals surface area contributed by atoms with Crippen molar-refractivity contribution in [3.05, 3.63) is 93.6 Å². The summed E-state index contributed by atoms with van der Waals surface area (Å²) in [5, 5.41) is 28.5. The fourth-order valence-electron chi connectivity index (χ4n) is 10.6. The predicted molar refractivity (Wildman–Crippen MR) is 240 cm³/mol. The number of halogens is 1. The minimum atomic E-state index is -0.853. The minimum Gasteiger partial charge on any atom is -0.489 e. The first kappa shape index (κ1) is 43.1. The number of carbonyl (C=O) groups is 3. The zero-order valence-electron chi connectivity index (χ0n) is 36.5. The van der Waals surface area contributed by atoms with Crippen LogP contribution in [0.2, 0.25) is 5.02 Å². The van der Waals surface area contributed by atoms with E-state index in [0.717, 1.165) is 80.0 Å². The molecule has 0 spiro atoms. The van der Waals surface area contributed by atoms with Gasteiger partial charge in [-0.05, 0) is 80.5 Å². The number of pyridine rings is 1. The van der Waals surface area contributed by atoms with Gasteiger partial charge in [-0.1, -0.05) is 44.5 Å². The molecule has 16 nitrogen and oxygen atoms in total. The highest BCUT2D eigenvalue weighted by atomic mass is 35.5. The second-order valence-corrected chi connectivity index (χ2v) is 19.3. The van der Waals surface area contributed by atoms with Crippen LogP contribution >= 0.6 is 11.6 Å². The molecular formula is C47H52ClN11O5. The van der Waals surface area contributed by atoms with Crippen LogP contribution in [0, 0.1) is 28.1 Å². The molecule has 1 unspecified atom stereocenters. The first-order valence-electron chi connectivity index (χ1n) is 22.1. The lowest BCUT2D eigenvalue weighted by Crippen LogP contribution is -2.74. The lowest BCUT2D eigenvalue weighted by molar-refractivity contribution is -0.164. The Morgan fingerprint density at radius 2 is 1.72 bits per heavy atom. The molecule has 9 rings (SSSR count). The van der Waals surface area contributed by atoms with Gasteiger partial charge in [0.15, 0.2) is 0 Å². The van der Waals surface area contributed by atoms with E-state index in [1.165, 1.54) is 0 Å². The Balaban J connectivity index is 0.741. The molecular weight excluding hydrogens is 834 g/mol. The van der Waals surface area contributed by atoms with E-state index in [2.05, 4.69) is 80.4 Å². The third-order valence-corrected chi connectivity index (χ3v) is 14.3. The second-order valence-electron chi connectivity index (χ2n) is 18.9. The smallest absolute Gasteiger partial charge is 0.278 e. The summed E-state index contributed by atoms with van der Waals surface area (Å²) in [6, 6.07) is 15.7. The van der Waals surface area contributed by atoms with Gasteiger partial charge < -0.3 is 19.9 Å². The standard InChI is InChI=1S/C47H52ClN11O5/c1-46(2)44(47(3,4)45(46)64-34-8-5-29(23-49)36(48)22-34)53-41(61)30-6-9-37(50-24-30)31-25-51-58(27-31)32-15-17-56(18-16-32)26-28-13-19-57(20-14-28)33-7-10-38-35(21-33)43(63)59(55-54-38)39-11-12-40(60)52-42(39)62/h5-10,21-22,24-25,27-28,32,39,44-45H,11-20,26H2,1-4H3,(H,53,61)(H,52,60,62)/t39?,44-,45-. The Hall–Kier alpha value is -6.18. The molecule has 2 aromatic carbocycles. The molecule has 17 heteroatoms. The van der Waals surface area contributed by atoms with Crippen molar-refractivity contribution in [1.29, 1.82) is 5.26 Å². The van der Waals surface area contributed by atoms with E-state index in [9.17, 15) is 24.4 Å². The Kier molecular flexibility index (Phi) is 11.5. The summed E-state index contributed by atoms with van der Waals surface area (Å²) in [6.45, 7) is 13.1. The number of nitriles is 1. The molecule has 1 saturated carbocycles. The van der Waals surface area contributed by atoms with Crippen molar-refractivity contribution in [3.8, 4) is 23.1 Å². The van der Waals surface area contributed by atoms with Crippen LogP contribution in [0.25, 0.3) is 22.2 Å². The van der Waals surface area contributed by atoms with Gasteiger partial charge in [0.2, 0.25) is 5.91 Å². The number of ether oxygens (including phenoxy) is 1. The van der Waals surface area contributed by atoms with Crippen LogP contribution < -0.4 is 25.8 Å². The second kappa shape index (κ2) is 17.1. The van der Waals surface area contributed by atoms with Crippen molar-refractivity contribution in [2.75, 3.05) is 37.6 Å². The maximum atomic E-state index is 13.5. The topological polar surface area (TPSA) is 193 Å². The number of rotatable bonds is 10. The molecule has 4 aliphatic rings. The molecule has 0 radical (unpaired) electrons. The molecule has 64 heavy (non-hydrogen) atoms. The Bertz CT molecular complexity index is 2690. The third-order valence-electron chi connectivity index (χ3n) is 14.0. The van der Waals surface area contributed by atoms with Gasteiger partial charge in [0, 0.05) is 85.7 Å². The fourth-order valence-corrected chi connectivity index (χ4v) is 10.9. The summed E-state index contributed by atoms with van der Waals surface area (Å²) in [6.07, 6.45) is 9.80. The third kappa shape index (κ3) is 8.22. The van der Waals surface area contributed by atoms with Crippen molar-refractivity contribution < 1.29 is 19.1 Å². The fraction of sp³-hybridized carbons (Fsp3) is 0.468. The van der Waals surface area contributed by atoms with Gasteiger partial charge in [0.05, 0.1) is 39.5 Å². The van der Waals surface area contributed by atoms with Gasteiger partial charge in [-0.2, -0.15) is 15.0 Å². The van der Waals surface area contributed by atoms with Gasteiger partial charge in [0.1, 0.15) is 29.5 Å². The van der Waals surface area contributed by atoms with Crippen LogP contribution in [0.5, 0.6) is 5.75 Å². The van der Waals surface area contributed by atoms with Crippen molar-refractivity contribution in [2.24, 2.45) is 16.7 Å². The summed E-state index contributed by atoms with van der Waals surface area (Å²) in [4.78, 5) is 60.6. The number of nitrogens with one attached hydrogen (secondary N) is 2. The molecule has 1 aliphatic carbocycles. The number of piperidine rings is 3. The first-order valence-corrected chi connectivity index (χ1v) is 22.5. The predicted octanol–water partition coefficient (Wildman–Crippen LogP) is 5.72. The number of hydrogen-bond donors (Lipinski definition) is 2.